The Kier molecular flexibility index (Phi) is 3.92. The van der Waals surface area contributed by atoms with Crippen LogP contribution in [0.1, 0.15) is 11.1 Å². The summed E-state index contributed by atoms with van der Waals surface area (Å²) in [7, 11) is 0. The van der Waals surface area contributed by atoms with Gasteiger partial charge in [0, 0.05) is 18.3 Å². The van der Waals surface area contributed by atoms with Crippen molar-refractivity contribution in [2.24, 2.45) is 0 Å². The standard InChI is InChI=1S/C16H16N2O2S/c1-11-2-4-12(5-3-11)9-17-16(21)18-13-6-7-14-15(8-13)20-10-19-14/h2-8H,9-10H2,1H3,(H2,17,18,21). The van der Waals surface area contributed by atoms with Crippen LogP contribution in [0.2, 0.25) is 0 Å². The summed E-state index contributed by atoms with van der Waals surface area (Å²) < 4.78 is 10.6. The van der Waals surface area contributed by atoms with Crippen molar-refractivity contribution in [2.75, 3.05) is 12.1 Å². The summed E-state index contributed by atoms with van der Waals surface area (Å²) in [6.45, 7) is 3.04. The molecule has 0 atom stereocenters. The molecule has 1 heterocycles. The van der Waals surface area contributed by atoms with Gasteiger partial charge in [0.1, 0.15) is 0 Å². The van der Waals surface area contributed by atoms with E-state index >= 15 is 0 Å². The Bertz CT molecular complexity index is 656. The Balaban J connectivity index is 1.55. The first-order valence-corrected chi connectivity index (χ1v) is 7.11. The van der Waals surface area contributed by atoms with Crippen LogP contribution >= 0.6 is 12.2 Å². The minimum atomic E-state index is 0.273. The Hall–Kier alpha value is -2.27. The lowest BCUT2D eigenvalue weighted by Crippen LogP contribution is -2.27. The molecule has 1 aliphatic rings. The molecule has 2 aromatic carbocycles. The summed E-state index contributed by atoms with van der Waals surface area (Å²) in [6, 6.07) is 14.0. The van der Waals surface area contributed by atoms with Crippen LogP contribution in [0.5, 0.6) is 11.5 Å². The number of hydrogen-bond acceptors (Lipinski definition) is 3. The van der Waals surface area contributed by atoms with Crippen LogP contribution in [0.15, 0.2) is 42.5 Å². The first kappa shape index (κ1) is 13.7. The third-order valence-electron chi connectivity index (χ3n) is 3.20. The van der Waals surface area contributed by atoms with Crippen molar-refractivity contribution in [3.05, 3.63) is 53.6 Å². The largest absolute Gasteiger partial charge is 0.454 e. The number of aryl methyl sites for hydroxylation is 1. The quantitative estimate of drug-likeness (QED) is 0.852. The van der Waals surface area contributed by atoms with E-state index in [1.807, 2.05) is 18.2 Å². The number of benzene rings is 2. The molecule has 0 spiro atoms. The van der Waals surface area contributed by atoms with E-state index in [9.17, 15) is 0 Å². The first-order chi connectivity index (χ1) is 10.2. The topological polar surface area (TPSA) is 42.5 Å². The molecule has 1 aliphatic heterocycles. The summed E-state index contributed by atoms with van der Waals surface area (Å²) in [5.74, 6) is 1.50. The van der Waals surface area contributed by atoms with Crippen LogP contribution in [0.25, 0.3) is 0 Å². The second-order valence-corrected chi connectivity index (χ2v) is 5.27. The fraction of sp³-hybridized carbons (Fsp3) is 0.188. The normalized spacial score (nSPS) is 12.0. The zero-order chi connectivity index (χ0) is 14.7. The summed E-state index contributed by atoms with van der Waals surface area (Å²) in [4.78, 5) is 0. The van der Waals surface area contributed by atoms with Gasteiger partial charge in [0.05, 0.1) is 0 Å². The molecule has 0 amide bonds. The Labute approximate surface area is 129 Å². The third kappa shape index (κ3) is 3.44. The first-order valence-electron chi connectivity index (χ1n) is 6.71. The van der Waals surface area contributed by atoms with Gasteiger partial charge in [-0.25, -0.2) is 0 Å². The maximum atomic E-state index is 5.34. The highest BCUT2D eigenvalue weighted by Crippen LogP contribution is 2.34. The zero-order valence-corrected chi connectivity index (χ0v) is 12.5. The lowest BCUT2D eigenvalue weighted by molar-refractivity contribution is 0.174. The number of ether oxygens (including phenoxy) is 2. The van der Waals surface area contributed by atoms with Gasteiger partial charge >= 0.3 is 0 Å². The molecule has 2 aromatic rings. The summed E-state index contributed by atoms with van der Waals surface area (Å²) in [5, 5.41) is 6.90. The van der Waals surface area contributed by atoms with Gasteiger partial charge in [-0.05, 0) is 36.8 Å². The van der Waals surface area contributed by atoms with Crippen molar-refractivity contribution < 1.29 is 9.47 Å². The van der Waals surface area contributed by atoms with E-state index in [2.05, 4.69) is 41.8 Å². The maximum absolute atomic E-state index is 5.34. The molecule has 3 rings (SSSR count). The van der Waals surface area contributed by atoms with Crippen molar-refractivity contribution in [3.63, 3.8) is 0 Å². The molecule has 0 saturated carbocycles. The summed E-state index contributed by atoms with van der Waals surface area (Å²) in [6.07, 6.45) is 0. The van der Waals surface area contributed by atoms with Crippen molar-refractivity contribution in [3.8, 4) is 11.5 Å². The van der Waals surface area contributed by atoms with Gasteiger partial charge in [-0.2, -0.15) is 0 Å². The predicted octanol–water partition coefficient (Wildman–Crippen LogP) is 3.21. The molecule has 2 N–H and O–H groups in total. The van der Waals surface area contributed by atoms with E-state index in [1.165, 1.54) is 11.1 Å². The lowest BCUT2D eigenvalue weighted by atomic mass is 10.1. The van der Waals surface area contributed by atoms with Crippen LogP contribution in [0.3, 0.4) is 0 Å². The zero-order valence-electron chi connectivity index (χ0n) is 11.7. The third-order valence-corrected chi connectivity index (χ3v) is 3.45. The van der Waals surface area contributed by atoms with Gasteiger partial charge in [-0.1, -0.05) is 29.8 Å². The van der Waals surface area contributed by atoms with Crippen molar-refractivity contribution >= 4 is 23.0 Å². The molecule has 0 radical (unpaired) electrons. The van der Waals surface area contributed by atoms with Gasteiger partial charge in [0.2, 0.25) is 6.79 Å². The van der Waals surface area contributed by atoms with E-state index in [0.29, 0.717) is 11.7 Å². The van der Waals surface area contributed by atoms with Gasteiger partial charge in [-0.15, -0.1) is 0 Å². The molecule has 0 saturated heterocycles. The molecule has 5 heteroatoms. The van der Waals surface area contributed by atoms with Crippen molar-refractivity contribution in [1.82, 2.24) is 5.32 Å². The monoisotopic (exact) mass is 300 g/mol. The van der Waals surface area contributed by atoms with E-state index in [0.717, 1.165) is 17.2 Å². The van der Waals surface area contributed by atoms with Gasteiger partial charge in [0.25, 0.3) is 0 Å². The molecular weight excluding hydrogens is 284 g/mol. The Morgan fingerprint density at radius 2 is 1.86 bits per heavy atom. The van der Waals surface area contributed by atoms with E-state index < -0.39 is 0 Å². The number of rotatable bonds is 3. The van der Waals surface area contributed by atoms with E-state index in [-0.39, 0.29) is 6.79 Å². The number of thiocarbonyl (C=S) groups is 1. The van der Waals surface area contributed by atoms with Crippen molar-refractivity contribution in [1.29, 1.82) is 0 Å². The van der Waals surface area contributed by atoms with Crippen LogP contribution in [-0.4, -0.2) is 11.9 Å². The Morgan fingerprint density at radius 1 is 1.10 bits per heavy atom. The average Bonchev–Trinajstić information content (AvgIpc) is 2.94. The number of fused-ring (bicyclic) bond motifs is 1. The van der Waals surface area contributed by atoms with Crippen LogP contribution in [-0.2, 0) is 6.54 Å². The highest BCUT2D eigenvalue weighted by Gasteiger charge is 2.13. The van der Waals surface area contributed by atoms with Crippen LogP contribution in [0, 0.1) is 6.92 Å². The summed E-state index contributed by atoms with van der Waals surface area (Å²) in [5.41, 5.74) is 3.32. The molecule has 0 aromatic heterocycles. The van der Waals surface area contributed by atoms with E-state index in [1.54, 1.807) is 0 Å². The predicted molar refractivity (Wildman–Crippen MR) is 86.8 cm³/mol. The SMILES string of the molecule is Cc1ccc(CNC(=S)Nc2ccc3c(c2)OCO3)cc1. The molecule has 0 aliphatic carbocycles. The fourth-order valence-corrected chi connectivity index (χ4v) is 2.23. The highest BCUT2D eigenvalue weighted by atomic mass is 32.1. The molecule has 4 nitrogen and oxygen atoms in total. The minimum Gasteiger partial charge on any atom is -0.454 e. The average molecular weight is 300 g/mol. The van der Waals surface area contributed by atoms with Crippen LogP contribution < -0.4 is 20.1 Å². The summed E-state index contributed by atoms with van der Waals surface area (Å²) >= 11 is 5.29. The highest BCUT2D eigenvalue weighted by molar-refractivity contribution is 7.80. The molecule has 108 valence electrons. The molecule has 0 bridgehead atoms. The molecular formula is C16H16N2O2S. The van der Waals surface area contributed by atoms with Gasteiger partial charge in [0.15, 0.2) is 16.6 Å². The van der Waals surface area contributed by atoms with Gasteiger partial charge in [-0.3, -0.25) is 0 Å². The van der Waals surface area contributed by atoms with Crippen LogP contribution in [0.4, 0.5) is 5.69 Å². The van der Waals surface area contributed by atoms with Crippen molar-refractivity contribution in [2.45, 2.75) is 13.5 Å². The minimum absolute atomic E-state index is 0.273. The second kappa shape index (κ2) is 6.01. The smallest absolute Gasteiger partial charge is 0.231 e. The molecule has 0 unspecified atom stereocenters. The second-order valence-electron chi connectivity index (χ2n) is 4.86. The lowest BCUT2D eigenvalue weighted by Gasteiger charge is -2.11. The fourth-order valence-electron chi connectivity index (χ4n) is 2.04. The number of hydrogen-bond donors (Lipinski definition) is 2. The molecule has 21 heavy (non-hydrogen) atoms. The molecule has 0 fully saturated rings. The maximum Gasteiger partial charge on any atom is 0.231 e. The number of nitrogens with one attached hydrogen (secondary N) is 2. The van der Waals surface area contributed by atoms with Gasteiger partial charge < -0.3 is 20.1 Å². The Morgan fingerprint density at radius 3 is 2.67 bits per heavy atom. The number of anilines is 1. The van der Waals surface area contributed by atoms with E-state index in [4.69, 9.17) is 21.7 Å².